The van der Waals surface area contributed by atoms with E-state index in [9.17, 15) is 14.4 Å². The van der Waals surface area contributed by atoms with E-state index in [0.717, 1.165) is 11.3 Å². The van der Waals surface area contributed by atoms with Crippen LogP contribution in [0.15, 0.2) is 22.1 Å². The largest absolute Gasteiger partial charge is 0.356 e. The maximum atomic E-state index is 12.3. The van der Waals surface area contributed by atoms with Crippen molar-refractivity contribution in [3.63, 3.8) is 0 Å². The molecule has 2 aromatic heterocycles. The molecule has 2 heterocycles. The Hall–Kier alpha value is -1.87. The van der Waals surface area contributed by atoms with Crippen LogP contribution in [0.4, 0.5) is 0 Å². The number of amides is 1. The van der Waals surface area contributed by atoms with Gasteiger partial charge in [0.15, 0.2) is 10.9 Å². The number of thiophene rings is 1. The third kappa shape index (κ3) is 5.07. The van der Waals surface area contributed by atoms with Crippen molar-refractivity contribution in [2.45, 2.75) is 38.4 Å². The Balaban J connectivity index is 1.90. The number of aromatic nitrogens is 3. The number of Topliss-reactive ketones (excluding diaryl/α,β-unsaturated/α-hetero) is 1. The first-order valence-corrected chi connectivity index (χ1v) is 9.45. The fourth-order valence-electron chi connectivity index (χ4n) is 2.06. The Morgan fingerprint density at radius 2 is 2.21 bits per heavy atom. The first-order valence-electron chi connectivity index (χ1n) is 7.65. The second kappa shape index (κ2) is 8.84. The Bertz CT molecular complexity index is 763. The summed E-state index contributed by atoms with van der Waals surface area (Å²) >= 11 is 2.70. The Morgan fingerprint density at radius 3 is 2.92 bits per heavy atom. The summed E-state index contributed by atoms with van der Waals surface area (Å²) in [5.74, 6) is 0.185. The average Bonchev–Trinajstić information content (AvgIpc) is 3.14. The highest BCUT2D eigenvalue weighted by Crippen LogP contribution is 2.21. The summed E-state index contributed by atoms with van der Waals surface area (Å²) in [5.41, 5.74) is -0.247. The van der Waals surface area contributed by atoms with E-state index in [4.69, 9.17) is 0 Å². The zero-order valence-electron chi connectivity index (χ0n) is 13.6. The molecule has 0 saturated heterocycles. The smallest absolute Gasteiger partial charge is 0.343 e. The summed E-state index contributed by atoms with van der Waals surface area (Å²) < 4.78 is 1.55. The van der Waals surface area contributed by atoms with Gasteiger partial charge in [-0.15, -0.1) is 16.4 Å². The number of hydrogen-bond donors (Lipinski definition) is 2. The van der Waals surface area contributed by atoms with Crippen LogP contribution in [0.1, 0.15) is 34.8 Å². The van der Waals surface area contributed by atoms with Gasteiger partial charge in [0.1, 0.15) is 0 Å². The van der Waals surface area contributed by atoms with E-state index in [1.165, 1.54) is 30.0 Å². The second-order valence-electron chi connectivity index (χ2n) is 5.17. The van der Waals surface area contributed by atoms with Crippen LogP contribution in [-0.4, -0.2) is 38.8 Å². The van der Waals surface area contributed by atoms with Crippen molar-refractivity contribution < 1.29 is 9.59 Å². The molecular weight excluding hydrogens is 348 g/mol. The summed E-state index contributed by atoms with van der Waals surface area (Å²) in [6.07, 6.45) is 1.53. The van der Waals surface area contributed by atoms with Gasteiger partial charge in [0.2, 0.25) is 5.91 Å². The molecule has 7 nitrogen and oxygen atoms in total. The molecule has 2 N–H and O–H groups in total. The van der Waals surface area contributed by atoms with Gasteiger partial charge in [0.05, 0.1) is 10.6 Å². The molecule has 0 saturated carbocycles. The van der Waals surface area contributed by atoms with Gasteiger partial charge in [-0.1, -0.05) is 18.7 Å². The van der Waals surface area contributed by atoms with Gasteiger partial charge in [0, 0.05) is 24.9 Å². The number of ketones is 1. The van der Waals surface area contributed by atoms with Crippen molar-refractivity contribution in [1.29, 1.82) is 0 Å². The van der Waals surface area contributed by atoms with Crippen LogP contribution in [-0.2, 0) is 17.8 Å². The molecule has 0 aliphatic heterocycles. The summed E-state index contributed by atoms with van der Waals surface area (Å²) in [4.78, 5) is 36.5. The fraction of sp³-hybridized carbons (Fsp3) is 0.467. The number of aromatic amines is 1. The van der Waals surface area contributed by atoms with E-state index in [1.807, 2.05) is 13.0 Å². The van der Waals surface area contributed by atoms with Gasteiger partial charge in [-0.2, -0.15) is 0 Å². The van der Waals surface area contributed by atoms with Crippen molar-refractivity contribution in [2.75, 3.05) is 12.3 Å². The molecule has 0 aromatic carbocycles. The highest BCUT2D eigenvalue weighted by Gasteiger charge is 2.14. The molecule has 130 valence electrons. The quantitative estimate of drug-likeness (QED) is 0.519. The summed E-state index contributed by atoms with van der Waals surface area (Å²) in [7, 11) is 0. The number of carbonyl (C=O) groups excluding carboxylic acids is 2. The van der Waals surface area contributed by atoms with Gasteiger partial charge in [0.25, 0.3) is 0 Å². The number of nitrogens with one attached hydrogen (secondary N) is 2. The van der Waals surface area contributed by atoms with E-state index < -0.39 is 0 Å². The minimum Gasteiger partial charge on any atom is -0.356 e. The maximum Gasteiger partial charge on any atom is 0.343 e. The van der Waals surface area contributed by atoms with E-state index in [-0.39, 0.29) is 23.1 Å². The molecule has 9 heteroatoms. The van der Waals surface area contributed by atoms with Gasteiger partial charge < -0.3 is 5.32 Å². The molecular formula is C15H20N4O3S2. The standard InChI is InChI=1S/C15H20N4O3S2/c1-3-8-19-14(22)17-18-15(19)23-9-12(21)13-5-4-11(24-13)6-7-16-10(2)20/h4-5H,3,6-9H2,1-2H3,(H,16,20)(H,17,22). The molecule has 0 fully saturated rings. The third-order valence-corrected chi connectivity index (χ3v) is 5.35. The zero-order valence-corrected chi connectivity index (χ0v) is 15.3. The van der Waals surface area contributed by atoms with Gasteiger partial charge in [-0.25, -0.2) is 9.89 Å². The highest BCUT2D eigenvalue weighted by molar-refractivity contribution is 7.99. The van der Waals surface area contributed by atoms with Crippen LogP contribution >= 0.6 is 23.1 Å². The minimum absolute atomic E-state index is 0.00859. The van der Waals surface area contributed by atoms with E-state index >= 15 is 0 Å². The predicted molar refractivity (Wildman–Crippen MR) is 94.9 cm³/mol. The number of thioether (sulfide) groups is 1. The molecule has 1 amide bonds. The molecule has 2 aromatic rings. The van der Waals surface area contributed by atoms with Crippen molar-refractivity contribution in [3.8, 4) is 0 Å². The molecule has 0 aliphatic rings. The number of carbonyl (C=O) groups is 2. The number of rotatable bonds is 9. The average molecular weight is 368 g/mol. The van der Waals surface area contributed by atoms with Crippen LogP contribution in [0, 0.1) is 0 Å². The molecule has 0 unspecified atom stereocenters. The van der Waals surface area contributed by atoms with Crippen LogP contribution in [0.2, 0.25) is 0 Å². The second-order valence-corrected chi connectivity index (χ2v) is 7.28. The summed E-state index contributed by atoms with van der Waals surface area (Å²) in [6, 6.07) is 3.71. The van der Waals surface area contributed by atoms with Crippen LogP contribution in [0.5, 0.6) is 0 Å². The SMILES string of the molecule is CCCn1c(SCC(=O)c2ccc(CCNC(C)=O)s2)n[nH]c1=O. The van der Waals surface area contributed by atoms with Crippen LogP contribution < -0.4 is 11.0 Å². The Morgan fingerprint density at radius 1 is 1.42 bits per heavy atom. The highest BCUT2D eigenvalue weighted by atomic mass is 32.2. The van der Waals surface area contributed by atoms with E-state index in [2.05, 4.69) is 15.5 Å². The van der Waals surface area contributed by atoms with Crippen molar-refractivity contribution in [3.05, 3.63) is 32.4 Å². The Kier molecular flexibility index (Phi) is 6.80. The van der Waals surface area contributed by atoms with Crippen molar-refractivity contribution in [2.24, 2.45) is 0 Å². The molecule has 24 heavy (non-hydrogen) atoms. The monoisotopic (exact) mass is 368 g/mol. The minimum atomic E-state index is -0.247. The number of hydrogen-bond acceptors (Lipinski definition) is 6. The molecule has 0 radical (unpaired) electrons. The topological polar surface area (TPSA) is 96.8 Å². The lowest BCUT2D eigenvalue weighted by atomic mass is 10.3. The molecule has 0 bridgehead atoms. The Labute approximate surface area is 147 Å². The number of H-pyrrole nitrogens is 1. The van der Waals surface area contributed by atoms with Crippen molar-refractivity contribution >= 4 is 34.8 Å². The molecule has 0 spiro atoms. The van der Waals surface area contributed by atoms with Gasteiger partial charge >= 0.3 is 5.69 Å². The lowest BCUT2D eigenvalue weighted by Crippen LogP contribution is -2.22. The maximum absolute atomic E-state index is 12.3. The normalized spacial score (nSPS) is 10.8. The zero-order chi connectivity index (χ0) is 17.5. The molecule has 2 rings (SSSR count). The third-order valence-electron chi connectivity index (χ3n) is 3.18. The molecule has 0 aliphatic carbocycles. The lowest BCUT2D eigenvalue weighted by Gasteiger charge is -2.02. The van der Waals surface area contributed by atoms with Crippen molar-refractivity contribution in [1.82, 2.24) is 20.1 Å². The summed E-state index contributed by atoms with van der Waals surface area (Å²) in [6.45, 7) is 4.61. The van der Waals surface area contributed by atoms with E-state index in [1.54, 1.807) is 10.6 Å². The predicted octanol–water partition coefficient (Wildman–Crippen LogP) is 1.70. The van der Waals surface area contributed by atoms with Gasteiger partial charge in [-0.05, 0) is 25.0 Å². The van der Waals surface area contributed by atoms with Gasteiger partial charge in [-0.3, -0.25) is 14.2 Å². The van der Waals surface area contributed by atoms with E-state index in [0.29, 0.717) is 29.5 Å². The first-order chi connectivity index (χ1) is 11.5. The number of nitrogens with zero attached hydrogens (tertiary/aromatic N) is 2. The van der Waals surface area contributed by atoms with Crippen LogP contribution in [0.25, 0.3) is 0 Å². The fourth-order valence-corrected chi connectivity index (χ4v) is 3.95. The molecule has 0 atom stereocenters. The first kappa shape index (κ1) is 18.5. The van der Waals surface area contributed by atoms with Crippen LogP contribution in [0.3, 0.4) is 0 Å². The lowest BCUT2D eigenvalue weighted by molar-refractivity contribution is -0.118. The summed E-state index contributed by atoms with van der Waals surface area (Å²) in [5, 5.41) is 9.65.